The second kappa shape index (κ2) is 9.00. The van der Waals surface area contributed by atoms with Gasteiger partial charge in [-0.1, -0.05) is 23.7 Å². The van der Waals surface area contributed by atoms with E-state index in [1.54, 1.807) is 12.1 Å². The number of halogens is 1. The highest BCUT2D eigenvalue weighted by atomic mass is 35.5. The number of rotatable bonds is 8. The third-order valence-corrected chi connectivity index (χ3v) is 3.47. The van der Waals surface area contributed by atoms with Gasteiger partial charge in [-0.2, -0.15) is 0 Å². The molecule has 0 spiro atoms. The first kappa shape index (κ1) is 17.1. The predicted octanol–water partition coefficient (Wildman–Crippen LogP) is 2.80. The fraction of sp³-hybridized carbons (Fsp3) is 0.294. The molecule has 122 valence electrons. The Hall–Kier alpha value is -2.27. The van der Waals surface area contributed by atoms with Crippen molar-refractivity contribution in [1.82, 2.24) is 10.6 Å². The van der Waals surface area contributed by atoms with Crippen LogP contribution in [0.15, 0.2) is 47.1 Å². The molecule has 0 fully saturated rings. The van der Waals surface area contributed by atoms with Crippen LogP contribution in [0.4, 0.5) is 0 Å². The van der Waals surface area contributed by atoms with E-state index in [-0.39, 0.29) is 17.6 Å². The largest absolute Gasteiger partial charge is 0.459 e. The number of amides is 2. The van der Waals surface area contributed by atoms with E-state index in [0.29, 0.717) is 31.0 Å². The Balaban J connectivity index is 1.56. The lowest BCUT2D eigenvalue weighted by molar-refractivity contribution is -0.121. The molecule has 2 rings (SSSR count). The number of carbonyl (C=O) groups excluding carboxylic acids is 2. The van der Waals surface area contributed by atoms with Crippen molar-refractivity contribution in [2.24, 2.45) is 0 Å². The predicted molar refractivity (Wildman–Crippen MR) is 88.4 cm³/mol. The van der Waals surface area contributed by atoms with E-state index in [1.807, 2.05) is 24.3 Å². The maximum absolute atomic E-state index is 11.7. The molecule has 2 aromatic rings. The lowest BCUT2D eigenvalue weighted by atomic mass is 10.1. The molecule has 0 saturated carbocycles. The zero-order chi connectivity index (χ0) is 16.5. The molecule has 1 aromatic heterocycles. The first-order valence-electron chi connectivity index (χ1n) is 7.48. The molecule has 1 aromatic carbocycles. The fourth-order valence-electron chi connectivity index (χ4n) is 2.07. The van der Waals surface area contributed by atoms with Crippen LogP contribution in [0.5, 0.6) is 0 Å². The van der Waals surface area contributed by atoms with Crippen molar-refractivity contribution in [3.05, 3.63) is 59.0 Å². The molecule has 23 heavy (non-hydrogen) atoms. The zero-order valence-electron chi connectivity index (χ0n) is 12.7. The second-order valence-corrected chi connectivity index (χ2v) is 5.50. The number of furan rings is 1. The van der Waals surface area contributed by atoms with Crippen LogP contribution in [0.1, 0.15) is 29.0 Å². The quantitative estimate of drug-likeness (QED) is 0.729. The van der Waals surface area contributed by atoms with Gasteiger partial charge in [0.2, 0.25) is 5.91 Å². The minimum absolute atomic E-state index is 0.0284. The first-order chi connectivity index (χ1) is 11.1. The second-order valence-electron chi connectivity index (χ2n) is 5.07. The van der Waals surface area contributed by atoms with Gasteiger partial charge in [0.25, 0.3) is 5.91 Å². The molecular weight excluding hydrogens is 316 g/mol. The summed E-state index contributed by atoms with van der Waals surface area (Å²) in [5.41, 5.74) is 1.09. The summed E-state index contributed by atoms with van der Waals surface area (Å²) < 4.78 is 4.98. The number of nitrogens with one attached hydrogen (secondary N) is 2. The van der Waals surface area contributed by atoms with Crippen molar-refractivity contribution in [1.29, 1.82) is 0 Å². The molecule has 0 saturated heterocycles. The Labute approximate surface area is 140 Å². The van der Waals surface area contributed by atoms with Gasteiger partial charge < -0.3 is 15.1 Å². The van der Waals surface area contributed by atoms with Gasteiger partial charge in [0.15, 0.2) is 5.76 Å². The average molecular weight is 335 g/mol. The summed E-state index contributed by atoms with van der Waals surface area (Å²) in [5, 5.41) is 6.25. The molecule has 0 bridgehead atoms. The maximum atomic E-state index is 11.7. The van der Waals surface area contributed by atoms with Crippen molar-refractivity contribution in [2.75, 3.05) is 13.1 Å². The molecule has 5 nitrogen and oxygen atoms in total. The van der Waals surface area contributed by atoms with Crippen LogP contribution in [-0.4, -0.2) is 24.9 Å². The van der Waals surface area contributed by atoms with Gasteiger partial charge >= 0.3 is 0 Å². The van der Waals surface area contributed by atoms with Gasteiger partial charge in [0, 0.05) is 24.5 Å². The number of benzene rings is 1. The zero-order valence-corrected chi connectivity index (χ0v) is 13.4. The van der Waals surface area contributed by atoms with Gasteiger partial charge in [-0.15, -0.1) is 0 Å². The average Bonchev–Trinajstić information content (AvgIpc) is 3.06. The Kier molecular flexibility index (Phi) is 6.69. The molecule has 0 atom stereocenters. The highest BCUT2D eigenvalue weighted by Gasteiger charge is 2.07. The van der Waals surface area contributed by atoms with Gasteiger partial charge in [-0.25, -0.2) is 0 Å². The number of carbonyl (C=O) groups is 2. The molecule has 2 amide bonds. The van der Waals surface area contributed by atoms with Crippen LogP contribution in [0.3, 0.4) is 0 Å². The third-order valence-electron chi connectivity index (χ3n) is 3.24. The minimum Gasteiger partial charge on any atom is -0.459 e. The van der Waals surface area contributed by atoms with E-state index < -0.39 is 0 Å². The maximum Gasteiger partial charge on any atom is 0.286 e. The van der Waals surface area contributed by atoms with Crippen LogP contribution in [-0.2, 0) is 11.2 Å². The molecule has 0 aliphatic rings. The van der Waals surface area contributed by atoms with Crippen molar-refractivity contribution in [3.63, 3.8) is 0 Å². The smallest absolute Gasteiger partial charge is 0.286 e. The molecule has 0 aliphatic carbocycles. The normalized spacial score (nSPS) is 10.3. The standard InChI is InChI=1S/C17H19ClN2O3/c18-14-5-1-4-13(12-14)8-10-19-16(21)7-2-9-20-17(22)15-6-3-11-23-15/h1,3-6,11-12H,2,7-10H2,(H,19,21)(H,20,22). The van der Waals surface area contributed by atoms with Gasteiger partial charge in [0.1, 0.15) is 0 Å². The van der Waals surface area contributed by atoms with Crippen molar-refractivity contribution >= 4 is 23.4 Å². The van der Waals surface area contributed by atoms with Gasteiger partial charge in [-0.05, 0) is 42.7 Å². The lowest BCUT2D eigenvalue weighted by Crippen LogP contribution is -2.28. The summed E-state index contributed by atoms with van der Waals surface area (Å²) in [7, 11) is 0. The van der Waals surface area contributed by atoms with E-state index in [2.05, 4.69) is 10.6 Å². The molecule has 6 heteroatoms. The summed E-state index contributed by atoms with van der Waals surface area (Å²) in [6, 6.07) is 10.8. The number of hydrogen-bond acceptors (Lipinski definition) is 3. The van der Waals surface area contributed by atoms with E-state index in [1.165, 1.54) is 6.26 Å². The Morgan fingerprint density at radius 3 is 2.70 bits per heavy atom. The lowest BCUT2D eigenvalue weighted by Gasteiger charge is -2.06. The van der Waals surface area contributed by atoms with E-state index >= 15 is 0 Å². The van der Waals surface area contributed by atoms with Crippen molar-refractivity contribution in [3.8, 4) is 0 Å². The van der Waals surface area contributed by atoms with E-state index in [9.17, 15) is 9.59 Å². The highest BCUT2D eigenvalue weighted by Crippen LogP contribution is 2.10. The molecule has 1 heterocycles. The number of hydrogen-bond donors (Lipinski definition) is 2. The van der Waals surface area contributed by atoms with Crippen LogP contribution < -0.4 is 10.6 Å². The first-order valence-corrected chi connectivity index (χ1v) is 7.86. The van der Waals surface area contributed by atoms with Crippen molar-refractivity contribution < 1.29 is 14.0 Å². The summed E-state index contributed by atoms with van der Waals surface area (Å²) in [5.74, 6) is -0.0217. The van der Waals surface area contributed by atoms with Gasteiger partial charge in [0.05, 0.1) is 6.26 Å². The van der Waals surface area contributed by atoms with Crippen LogP contribution in [0, 0.1) is 0 Å². The molecule has 0 radical (unpaired) electrons. The highest BCUT2D eigenvalue weighted by molar-refractivity contribution is 6.30. The Morgan fingerprint density at radius 1 is 1.09 bits per heavy atom. The van der Waals surface area contributed by atoms with Crippen LogP contribution in [0.2, 0.25) is 5.02 Å². The van der Waals surface area contributed by atoms with E-state index in [4.69, 9.17) is 16.0 Å². The van der Waals surface area contributed by atoms with Gasteiger partial charge in [-0.3, -0.25) is 9.59 Å². The van der Waals surface area contributed by atoms with E-state index in [0.717, 1.165) is 12.0 Å². The summed E-state index contributed by atoms with van der Waals surface area (Å²) in [6.07, 6.45) is 3.13. The molecule has 2 N–H and O–H groups in total. The molecular formula is C17H19ClN2O3. The molecule has 0 unspecified atom stereocenters. The minimum atomic E-state index is -0.267. The fourth-order valence-corrected chi connectivity index (χ4v) is 2.29. The Bertz CT molecular complexity index is 641. The summed E-state index contributed by atoms with van der Waals surface area (Å²) >= 11 is 5.90. The van der Waals surface area contributed by atoms with Crippen LogP contribution in [0.25, 0.3) is 0 Å². The monoisotopic (exact) mass is 334 g/mol. The third kappa shape index (κ3) is 6.16. The summed E-state index contributed by atoms with van der Waals surface area (Å²) in [4.78, 5) is 23.3. The summed E-state index contributed by atoms with van der Waals surface area (Å²) in [6.45, 7) is 0.999. The topological polar surface area (TPSA) is 71.3 Å². The Morgan fingerprint density at radius 2 is 1.96 bits per heavy atom. The molecule has 0 aliphatic heterocycles. The van der Waals surface area contributed by atoms with Crippen molar-refractivity contribution in [2.45, 2.75) is 19.3 Å². The van der Waals surface area contributed by atoms with Crippen LogP contribution >= 0.6 is 11.6 Å². The SMILES string of the molecule is O=C(CCCNC(=O)c1ccco1)NCCc1cccc(Cl)c1.